The van der Waals surface area contributed by atoms with Crippen LogP contribution in [0.4, 0.5) is 5.82 Å². The Bertz CT molecular complexity index is 897. The maximum absolute atomic E-state index is 6.21. The summed E-state index contributed by atoms with van der Waals surface area (Å²) in [7, 11) is 0. The number of hydrogen-bond acceptors (Lipinski definition) is 5. The molecule has 0 aliphatic heterocycles. The molecule has 2 aromatic heterocycles. The van der Waals surface area contributed by atoms with Crippen molar-refractivity contribution in [2.24, 2.45) is 0 Å². The van der Waals surface area contributed by atoms with Crippen LogP contribution in [-0.2, 0) is 6.42 Å². The molecule has 0 aliphatic rings. The Morgan fingerprint density at radius 1 is 1.15 bits per heavy atom. The SMILES string of the molecule is CC(C)NCCOc1c(Cl)nc(Cl)nc1NCCc1c[nH]c2ccccc12. The Hall–Kier alpha value is -2.02. The quantitative estimate of drug-likeness (QED) is 0.280. The van der Waals surface area contributed by atoms with Gasteiger partial charge in [-0.05, 0) is 29.7 Å². The molecule has 3 aromatic rings. The zero-order chi connectivity index (χ0) is 19.2. The van der Waals surface area contributed by atoms with Gasteiger partial charge in [-0.1, -0.05) is 43.6 Å². The molecular formula is C19H23Cl2N5O. The van der Waals surface area contributed by atoms with Gasteiger partial charge in [0.15, 0.2) is 16.7 Å². The molecule has 0 aliphatic carbocycles. The number of hydrogen-bond donors (Lipinski definition) is 3. The van der Waals surface area contributed by atoms with E-state index in [0.29, 0.717) is 37.3 Å². The number of rotatable bonds is 9. The lowest BCUT2D eigenvalue weighted by Gasteiger charge is -2.14. The van der Waals surface area contributed by atoms with Gasteiger partial charge in [0.1, 0.15) is 6.61 Å². The lowest BCUT2D eigenvalue weighted by atomic mass is 10.1. The lowest BCUT2D eigenvalue weighted by Crippen LogP contribution is -2.27. The number of aromatic amines is 1. The van der Waals surface area contributed by atoms with Crippen LogP contribution >= 0.6 is 23.2 Å². The highest BCUT2D eigenvalue weighted by atomic mass is 35.5. The number of fused-ring (bicyclic) bond motifs is 1. The lowest BCUT2D eigenvalue weighted by molar-refractivity contribution is 0.308. The highest BCUT2D eigenvalue weighted by Crippen LogP contribution is 2.31. The standard InChI is InChI=1S/C19H23Cl2N5O/c1-12(2)22-9-10-27-16-17(20)25-19(21)26-18(16)23-8-7-13-11-24-15-6-4-3-5-14(13)15/h3-6,11-12,22,24H,7-10H2,1-2H3,(H,23,25,26). The monoisotopic (exact) mass is 407 g/mol. The summed E-state index contributed by atoms with van der Waals surface area (Å²) < 4.78 is 5.78. The number of ether oxygens (including phenoxy) is 1. The summed E-state index contributed by atoms with van der Waals surface area (Å²) in [6.07, 6.45) is 2.85. The summed E-state index contributed by atoms with van der Waals surface area (Å²) in [5, 5.41) is 8.06. The van der Waals surface area contributed by atoms with Crippen molar-refractivity contribution >= 4 is 39.9 Å². The zero-order valence-electron chi connectivity index (χ0n) is 15.4. The minimum absolute atomic E-state index is 0.0854. The second kappa shape index (κ2) is 9.26. The molecule has 1 aromatic carbocycles. The van der Waals surface area contributed by atoms with E-state index in [9.17, 15) is 0 Å². The highest BCUT2D eigenvalue weighted by molar-refractivity contribution is 6.33. The molecule has 2 heterocycles. The van der Waals surface area contributed by atoms with Gasteiger partial charge in [0, 0.05) is 36.2 Å². The molecule has 0 radical (unpaired) electrons. The fraction of sp³-hybridized carbons (Fsp3) is 0.368. The van der Waals surface area contributed by atoms with E-state index in [0.717, 1.165) is 11.9 Å². The largest absolute Gasteiger partial charge is 0.486 e. The van der Waals surface area contributed by atoms with Crippen molar-refractivity contribution in [3.05, 3.63) is 46.5 Å². The topological polar surface area (TPSA) is 74.9 Å². The molecule has 0 bridgehead atoms. The van der Waals surface area contributed by atoms with Gasteiger partial charge in [-0.15, -0.1) is 0 Å². The second-order valence-corrected chi connectivity index (χ2v) is 7.15. The molecule has 3 N–H and O–H groups in total. The number of benzene rings is 1. The number of aromatic nitrogens is 3. The first-order valence-corrected chi connectivity index (χ1v) is 9.68. The number of nitrogens with one attached hydrogen (secondary N) is 3. The average Bonchev–Trinajstić information content (AvgIpc) is 3.03. The van der Waals surface area contributed by atoms with Gasteiger partial charge < -0.3 is 20.4 Å². The van der Waals surface area contributed by atoms with Crippen LogP contribution in [0.5, 0.6) is 5.75 Å². The molecule has 0 spiro atoms. The van der Waals surface area contributed by atoms with Gasteiger partial charge >= 0.3 is 0 Å². The Morgan fingerprint density at radius 3 is 2.78 bits per heavy atom. The van der Waals surface area contributed by atoms with Gasteiger partial charge in [-0.25, -0.2) is 4.98 Å². The smallest absolute Gasteiger partial charge is 0.226 e. The van der Waals surface area contributed by atoms with Gasteiger partial charge in [-0.3, -0.25) is 0 Å². The van der Waals surface area contributed by atoms with E-state index >= 15 is 0 Å². The van der Waals surface area contributed by atoms with Crippen molar-refractivity contribution in [1.29, 1.82) is 0 Å². The number of anilines is 1. The third-order valence-electron chi connectivity index (χ3n) is 4.06. The molecule has 0 saturated carbocycles. The van der Waals surface area contributed by atoms with Gasteiger partial charge in [0.05, 0.1) is 0 Å². The average molecular weight is 408 g/mol. The van der Waals surface area contributed by atoms with Crippen LogP contribution in [0.1, 0.15) is 19.4 Å². The van der Waals surface area contributed by atoms with Crippen LogP contribution < -0.4 is 15.4 Å². The summed E-state index contributed by atoms with van der Waals surface area (Å²) in [6.45, 7) is 5.98. The van der Waals surface area contributed by atoms with E-state index in [4.69, 9.17) is 27.9 Å². The molecule has 8 heteroatoms. The molecule has 0 fully saturated rings. The van der Waals surface area contributed by atoms with Crippen LogP contribution in [0.3, 0.4) is 0 Å². The molecule has 6 nitrogen and oxygen atoms in total. The predicted octanol–water partition coefficient (Wildman–Crippen LogP) is 4.30. The molecule has 0 atom stereocenters. The van der Waals surface area contributed by atoms with Crippen LogP contribution in [0.2, 0.25) is 10.4 Å². The highest BCUT2D eigenvalue weighted by Gasteiger charge is 2.14. The van der Waals surface area contributed by atoms with Crippen molar-refractivity contribution in [3.63, 3.8) is 0 Å². The molecule has 27 heavy (non-hydrogen) atoms. The van der Waals surface area contributed by atoms with Crippen molar-refractivity contribution in [2.75, 3.05) is 25.0 Å². The van der Waals surface area contributed by atoms with Gasteiger partial charge in [0.25, 0.3) is 0 Å². The van der Waals surface area contributed by atoms with E-state index in [1.807, 2.05) is 18.3 Å². The number of halogens is 2. The first kappa shape index (κ1) is 19.7. The summed E-state index contributed by atoms with van der Waals surface area (Å²) in [5.41, 5.74) is 2.36. The third kappa shape index (κ3) is 5.25. The summed E-state index contributed by atoms with van der Waals surface area (Å²) in [6, 6.07) is 8.61. The molecule has 0 amide bonds. The predicted molar refractivity (Wildman–Crippen MR) is 111 cm³/mol. The summed E-state index contributed by atoms with van der Waals surface area (Å²) in [4.78, 5) is 11.5. The Labute approximate surface area is 168 Å². The number of nitrogens with zero attached hydrogens (tertiary/aromatic N) is 2. The van der Waals surface area contributed by atoms with Crippen LogP contribution in [0.15, 0.2) is 30.5 Å². The van der Waals surface area contributed by atoms with E-state index < -0.39 is 0 Å². The molecule has 0 unspecified atom stereocenters. The minimum Gasteiger partial charge on any atom is -0.486 e. The first-order valence-electron chi connectivity index (χ1n) is 8.92. The van der Waals surface area contributed by atoms with E-state index in [2.05, 4.69) is 51.6 Å². The first-order chi connectivity index (χ1) is 13.0. The molecular weight excluding hydrogens is 385 g/mol. The fourth-order valence-corrected chi connectivity index (χ4v) is 3.24. The molecule has 0 saturated heterocycles. The summed E-state index contributed by atoms with van der Waals surface area (Å²) >= 11 is 12.2. The third-order valence-corrected chi connectivity index (χ3v) is 4.48. The molecule has 144 valence electrons. The zero-order valence-corrected chi connectivity index (χ0v) is 16.9. The number of H-pyrrole nitrogens is 1. The Kier molecular flexibility index (Phi) is 6.77. The van der Waals surface area contributed by atoms with Gasteiger partial charge in [-0.2, -0.15) is 4.98 Å². The minimum atomic E-state index is 0.0854. The van der Waals surface area contributed by atoms with Crippen molar-refractivity contribution < 1.29 is 4.74 Å². The second-order valence-electron chi connectivity index (χ2n) is 6.45. The van der Waals surface area contributed by atoms with E-state index in [-0.39, 0.29) is 10.4 Å². The van der Waals surface area contributed by atoms with Crippen LogP contribution in [0.25, 0.3) is 10.9 Å². The normalized spacial score (nSPS) is 11.3. The van der Waals surface area contributed by atoms with Crippen LogP contribution in [-0.4, -0.2) is 40.7 Å². The maximum atomic E-state index is 6.21. The van der Waals surface area contributed by atoms with Crippen molar-refractivity contribution in [3.8, 4) is 5.75 Å². The number of para-hydroxylation sites is 1. The van der Waals surface area contributed by atoms with E-state index in [1.54, 1.807) is 0 Å². The summed E-state index contributed by atoms with van der Waals surface area (Å²) in [5.74, 6) is 0.926. The Morgan fingerprint density at radius 2 is 1.96 bits per heavy atom. The Balaban J connectivity index is 1.64. The van der Waals surface area contributed by atoms with E-state index in [1.165, 1.54) is 10.9 Å². The molecule has 3 rings (SSSR count). The van der Waals surface area contributed by atoms with Gasteiger partial charge in [0.2, 0.25) is 5.28 Å². The fourth-order valence-electron chi connectivity index (χ4n) is 2.80. The van der Waals surface area contributed by atoms with Crippen LogP contribution in [0, 0.1) is 0 Å². The van der Waals surface area contributed by atoms with Crippen molar-refractivity contribution in [2.45, 2.75) is 26.3 Å². The van der Waals surface area contributed by atoms with Crippen molar-refractivity contribution in [1.82, 2.24) is 20.3 Å². The maximum Gasteiger partial charge on any atom is 0.226 e.